The molecule has 9 heteroatoms. The van der Waals surface area contributed by atoms with Crippen LogP contribution in [0.2, 0.25) is 0 Å². The fourth-order valence-electron chi connectivity index (χ4n) is 1.37. The minimum absolute atomic E-state index is 0.00559. The average Bonchev–Trinajstić information content (AvgIpc) is 2.36. The Hall–Kier alpha value is -1.19. The Bertz CT molecular complexity index is 649. The first kappa shape index (κ1) is 17.9. The van der Waals surface area contributed by atoms with Gasteiger partial charge < -0.3 is 9.64 Å². The minimum Gasteiger partial charge on any atom is -0.482 e. The second kappa shape index (κ2) is 6.71. The van der Waals surface area contributed by atoms with Gasteiger partial charge in [-0.1, -0.05) is 0 Å². The summed E-state index contributed by atoms with van der Waals surface area (Å²) < 4.78 is 41.4. The first-order chi connectivity index (χ1) is 9.54. The lowest BCUT2D eigenvalue weighted by molar-refractivity contribution is -0.133. The molecule has 0 aromatic heterocycles. The summed E-state index contributed by atoms with van der Waals surface area (Å²) >= 11 is 3.05. The van der Waals surface area contributed by atoms with E-state index >= 15 is 0 Å². The zero-order chi connectivity index (χ0) is 16.4. The Morgan fingerprint density at radius 3 is 2.52 bits per heavy atom. The van der Waals surface area contributed by atoms with Gasteiger partial charge in [0.05, 0.1) is 4.47 Å². The Morgan fingerprint density at radius 2 is 2.05 bits per heavy atom. The lowest BCUT2D eigenvalue weighted by Crippen LogP contribution is -2.36. The van der Waals surface area contributed by atoms with E-state index in [2.05, 4.69) is 15.9 Å². The van der Waals surface area contributed by atoms with Crippen molar-refractivity contribution in [1.29, 1.82) is 0 Å². The van der Waals surface area contributed by atoms with Crippen LogP contribution in [-0.2, 0) is 14.8 Å². The summed E-state index contributed by atoms with van der Waals surface area (Å²) in [6, 6.07) is 1.87. The molecule has 2 N–H and O–H groups in total. The van der Waals surface area contributed by atoms with Gasteiger partial charge in [-0.05, 0) is 35.8 Å². The quantitative estimate of drug-likeness (QED) is 0.834. The maximum atomic E-state index is 13.7. The first-order valence-corrected chi connectivity index (χ1v) is 8.28. The number of amides is 1. The summed E-state index contributed by atoms with van der Waals surface area (Å²) in [4.78, 5) is 12.6. The molecule has 0 aliphatic heterocycles. The maximum Gasteiger partial charge on any atom is 0.260 e. The predicted octanol–water partition coefficient (Wildman–Crippen LogP) is 1.48. The van der Waals surface area contributed by atoms with Gasteiger partial charge in [-0.3, -0.25) is 4.79 Å². The van der Waals surface area contributed by atoms with Crippen molar-refractivity contribution in [3.05, 3.63) is 22.4 Å². The van der Waals surface area contributed by atoms with Crippen molar-refractivity contribution >= 4 is 31.9 Å². The second-order valence-electron chi connectivity index (χ2n) is 4.65. The molecule has 6 nitrogen and oxygen atoms in total. The van der Waals surface area contributed by atoms with Gasteiger partial charge in [0, 0.05) is 19.2 Å². The van der Waals surface area contributed by atoms with Crippen molar-refractivity contribution in [3.8, 4) is 5.75 Å². The molecule has 0 radical (unpaired) electrons. The molecule has 118 valence electrons. The highest BCUT2D eigenvalue weighted by Crippen LogP contribution is 2.29. The zero-order valence-electron chi connectivity index (χ0n) is 11.8. The fourth-order valence-corrected chi connectivity index (χ4v) is 2.59. The number of carbonyl (C=O) groups is 1. The van der Waals surface area contributed by atoms with Crippen molar-refractivity contribution in [3.63, 3.8) is 0 Å². The van der Waals surface area contributed by atoms with Crippen LogP contribution in [0.5, 0.6) is 5.75 Å². The molecule has 21 heavy (non-hydrogen) atoms. The Balaban J connectivity index is 2.92. The van der Waals surface area contributed by atoms with Gasteiger partial charge in [0.25, 0.3) is 5.91 Å². The summed E-state index contributed by atoms with van der Waals surface area (Å²) in [6.45, 7) is 3.39. The SMILES string of the molecule is CC(C)N(C)C(=O)COc1cc(F)c(S(N)(=O)=O)cc1Br. The zero-order valence-corrected chi connectivity index (χ0v) is 14.2. The van der Waals surface area contributed by atoms with Gasteiger partial charge >= 0.3 is 0 Å². The van der Waals surface area contributed by atoms with Gasteiger partial charge in [-0.15, -0.1) is 0 Å². The molecule has 0 atom stereocenters. The molecular weight excluding hydrogens is 367 g/mol. The first-order valence-electron chi connectivity index (χ1n) is 5.94. The highest BCUT2D eigenvalue weighted by molar-refractivity contribution is 9.10. The number of rotatable bonds is 5. The molecular formula is C12H16BrFN2O4S. The highest BCUT2D eigenvalue weighted by Gasteiger charge is 2.19. The standard InChI is InChI=1S/C12H16BrFN2O4S/c1-7(2)16(3)12(17)6-20-10-5-9(14)11(4-8(10)13)21(15,18)19/h4-5,7H,6H2,1-3H3,(H2,15,18,19). The number of benzene rings is 1. The van der Waals surface area contributed by atoms with Crippen molar-refractivity contribution in [2.75, 3.05) is 13.7 Å². The van der Waals surface area contributed by atoms with E-state index in [4.69, 9.17) is 9.88 Å². The highest BCUT2D eigenvalue weighted by atomic mass is 79.9. The molecule has 0 aliphatic carbocycles. The number of hydrogen-bond acceptors (Lipinski definition) is 4. The third kappa shape index (κ3) is 4.65. The van der Waals surface area contributed by atoms with Crippen molar-refractivity contribution < 1.29 is 22.3 Å². The van der Waals surface area contributed by atoms with Crippen LogP contribution in [-0.4, -0.2) is 38.9 Å². The smallest absolute Gasteiger partial charge is 0.260 e. The average molecular weight is 383 g/mol. The summed E-state index contributed by atoms with van der Waals surface area (Å²) in [5.41, 5.74) is 0. The molecule has 0 bridgehead atoms. The lowest BCUT2D eigenvalue weighted by atomic mass is 10.3. The fraction of sp³-hybridized carbons (Fsp3) is 0.417. The van der Waals surface area contributed by atoms with E-state index < -0.39 is 20.7 Å². The third-order valence-corrected chi connectivity index (χ3v) is 4.36. The monoisotopic (exact) mass is 382 g/mol. The Morgan fingerprint density at radius 1 is 1.48 bits per heavy atom. The molecule has 0 fully saturated rings. The maximum absolute atomic E-state index is 13.7. The van der Waals surface area contributed by atoms with Crippen LogP contribution >= 0.6 is 15.9 Å². The lowest BCUT2D eigenvalue weighted by Gasteiger charge is -2.21. The van der Waals surface area contributed by atoms with Crippen LogP contribution in [0.3, 0.4) is 0 Å². The van der Waals surface area contributed by atoms with Crippen LogP contribution in [0.1, 0.15) is 13.8 Å². The van der Waals surface area contributed by atoms with Gasteiger partial charge in [-0.2, -0.15) is 0 Å². The summed E-state index contributed by atoms with van der Waals surface area (Å²) in [6.07, 6.45) is 0. The van der Waals surface area contributed by atoms with Gasteiger partial charge in [0.1, 0.15) is 16.5 Å². The number of halogens is 2. The molecule has 0 spiro atoms. The molecule has 1 rings (SSSR count). The molecule has 0 heterocycles. The number of likely N-dealkylation sites (N-methyl/N-ethyl adjacent to an activating group) is 1. The molecule has 1 amide bonds. The Labute approximate surface area is 131 Å². The molecule has 0 saturated heterocycles. The predicted molar refractivity (Wildman–Crippen MR) is 78.9 cm³/mol. The van der Waals surface area contributed by atoms with E-state index in [-0.39, 0.29) is 28.8 Å². The summed E-state index contributed by atoms with van der Waals surface area (Å²) in [5.74, 6) is -1.31. The number of nitrogens with zero attached hydrogens (tertiary/aromatic N) is 1. The number of ether oxygens (including phenoxy) is 1. The topological polar surface area (TPSA) is 89.7 Å². The summed E-state index contributed by atoms with van der Waals surface area (Å²) in [5, 5.41) is 4.88. The van der Waals surface area contributed by atoms with Crippen molar-refractivity contribution in [2.45, 2.75) is 24.8 Å². The van der Waals surface area contributed by atoms with E-state index in [0.29, 0.717) is 0 Å². The van der Waals surface area contributed by atoms with E-state index in [0.717, 1.165) is 12.1 Å². The van der Waals surface area contributed by atoms with E-state index in [1.807, 2.05) is 13.8 Å². The number of hydrogen-bond donors (Lipinski definition) is 1. The molecule has 0 aliphatic rings. The van der Waals surface area contributed by atoms with Crippen molar-refractivity contribution in [2.24, 2.45) is 5.14 Å². The van der Waals surface area contributed by atoms with E-state index in [1.165, 1.54) is 4.90 Å². The number of primary sulfonamides is 1. The largest absolute Gasteiger partial charge is 0.482 e. The third-order valence-electron chi connectivity index (χ3n) is 2.81. The van der Waals surface area contributed by atoms with Gasteiger partial charge in [-0.25, -0.2) is 17.9 Å². The van der Waals surface area contributed by atoms with Crippen LogP contribution in [0.25, 0.3) is 0 Å². The second-order valence-corrected chi connectivity index (χ2v) is 7.03. The number of nitrogens with two attached hydrogens (primary N) is 1. The van der Waals surface area contributed by atoms with Crippen LogP contribution in [0, 0.1) is 5.82 Å². The van der Waals surface area contributed by atoms with Crippen LogP contribution < -0.4 is 9.88 Å². The normalized spacial score (nSPS) is 11.6. The van der Waals surface area contributed by atoms with E-state index in [9.17, 15) is 17.6 Å². The minimum atomic E-state index is -4.16. The van der Waals surface area contributed by atoms with Gasteiger partial charge in [0.15, 0.2) is 6.61 Å². The number of sulfonamides is 1. The Kier molecular flexibility index (Phi) is 5.71. The van der Waals surface area contributed by atoms with Crippen molar-refractivity contribution in [1.82, 2.24) is 4.90 Å². The van der Waals surface area contributed by atoms with Gasteiger partial charge in [0.2, 0.25) is 10.0 Å². The van der Waals surface area contributed by atoms with E-state index in [1.54, 1.807) is 7.05 Å². The van der Waals surface area contributed by atoms with Crippen LogP contribution in [0.4, 0.5) is 4.39 Å². The molecule has 1 aromatic carbocycles. The number of carbonyl (C=O) groups excluding carboxylic acids is 1. The molecule has 1 aromatic rings. The van der Waals surface area contributed by atoms with Crippen LogP contribution in [0.15, 0.2) is 21.5 Å². The molecule has 0 unspecified atom stereocenters. The molecule has 0 saturated carbocycles. The summed E-state index contributed by atoms with van der Waals surface area (Å²) in [7, 11) is -2.54.